The topological polar surface area (TPSA) is 90.9 Å². The molecule has 2 unspecified atom stereocenters. The number of hydrogen-bond acceptors (Lipinski definition) is 7. The number of aryl methyl sites for hydroxylation is 1. The Morgan fingerprint density at radius 2 is 2.03 bits per heavy atom. The Bertz CT molecular complexity index is 1300. The van der Waals surface area contributed by atoms with Crippen molar-refractivity contribution >= 4 is 32.3 Å². The molecule has 2 N–H and O–H groups in total. The molecule has 0 radical (unpaired) electrons. The molecule has 7 nitrogen and oxygen atoms in total. The fraction of sp³-hybridized carbons (Fsp3) is 0.364. The van der Waals surface area contributed by atoms with Crippen molar-refractivity contribution in [2.45, 2.75) is 50.7 Å². The molecule has 30 heavy (non-hydrogen) atoms. The number of thiazole rings is 1. The van der Waals surface area contributed by atoms with E-state index in [0.717, 1.165) is 45.1 Å². The molecule has 8 heteroatoms. The number of aromatic nitrogens is 4. The van der Waals surface area contributed by atoms with Crippen LogP contribution in [0, 0.1) is 18.3 Å². The van der Waals surface area contributed by atoms with Crippen molar-refractivity contribution in [2.24, 2.45) is 0 Å². The minimum Gasteiger partial charge on any atom is -0.359 e. The zero-order chi connectivity index (χ0) is 20.2. The van der Waals surface area contributed by atoms with Gasteiger partial charge in [-0.05, 0) is 44.7 Å². The average Bonchev–Trinajstić information content (AvgIpc) is 3.41. The number of anilines is 1. The van der Waals surface area contributed by atoms with Gasteiger partial charge in [-0.25, -0.2) is 9.97 Å². The molecule has 6 heterocycles. The van der Waals surface area contributed by atoms with Crippen LogP contribution in [0.25, 0.3) is 27.1 Å². The molecule has 0 aromatic carbocycles. The highest BCUT2D eigenvalue weighted by Crippen LogP contribution is 2.33. The number of nitrogens with one attached hydrogen (secondary N) is 2. The van der Waals surface area contributed by atoms with Gasteiger partial charge < -0.3 is 15.0 Å². The summed E-state index contributed by atoms with van der Waals surface area (Å²) in [6, 6.07) is 7.98. The van der Waals surface area contributed by atoms with Gasteiger partial charge in [0, 0.05) is 36.1 Å². The highest BCUT2D eigenvalue weighted by Gasteiger charge is 2.33. The van der Waals surface area contributed by atoms with E-state index in [9.17, 15) is 5.26 Å². The Morgan fingerprint density at radius 1 is 1.20 bits per heavy atom. The van der Waals surface area contributed by atoms with Crippen molar-refractivity contribution < 1.29 is 0 Å². The quantitative estimate of drug-likeness (QED) is 0.528. The SMILES string of the molecule is Cc1cn2cc(-c3cc4sc(NC5CC6CCC(C5)N6)nc4cn3)cc(C#N)c2n1. The molecule has 2 saturated heterocycles. The normalized spacial score (nSPS) is 23.1. The highest BCUT2D eigenvalue weighted by atomic mass is 32.1. The largest absolute Gasteiger partial charge is 0.359 e. The van der Waals surface area contributed by atoms with Gasteiger partial charge in [-0.1, -0.05) is 11.3 Å². The third-order valence-corrected chi connectivity index (χ3v) is 7.11. The minimum absolute atomic E-state index is 0.488. The summed E-state index contributed by atoms with van der Waals surface area (Å²) in [6.07, 6.45) is 10.7. The van der Waals surface area contributed by atoms with Gasteiger partial charge in [0.15, 0.2) is 10.8 Å². The molecule has 2 bridgehead atoms. The van der Waals surface area contributed by atoms with Crippen LogP contribution in [0.5, 0.6) is 0 Å². The predicted molar refractivity (Wildman–Crippen MR) is 118 cm³/mol. The Kier molecular flexibility index (Phi) is 4.01. The summed E-state index contributed by atoms with van der Waals surface area (Å²) in [7, 11) is 0. The number of nitriles is 1. The molecule has 6 rings (SSSR count). The van der Waals surface area contributed by atoms with Crippen molar-refractivity contribution in [3.05, 3.63) is 42.0 Å². The second kappa shape index (κ2) is 6.76. The van der Waals surface area contributed by atoms with Crippen LogP contribution in [0.1, 0.15) is 36.9 Å². The van der Waals surface area contributed by atoms with Crippen LogP contribution in [0.4, 0.5) is 5.13 Å². The lowest BCUT2D eigenvalue weighted by atomic mass is 10.0. The fourth-order valence-corrected chi connectivity index (χ4v) is 5.80. The molecular weight excluding hydrogens is 394 g/mol. The van der Waals surface area contributed by atoms with E-state index in [1.807, 2.05) is 36.0 Å². The monoisotopic (exact) mass is 415 g/mol. The molecule has 0 spiro atoms. The fourth-order valence-electron chi connectivity index (χ4n) is 4.84. The van der Waals surface area contributed by atoms with E-state index in [-0.39, 0.29) is 0 Å². The van der Waals surface area contributed by atoms with Crippen molar-refractivity contribution in [3.8, 4) is 17.3 Å². The maximum absolute atomic E-state index is 9.54. The van der Waals surface area contributed by atoms with Gasteiger partial charge in [0.2, 0.25) is 0 Å². The van der Waals surface area contributed by atoms with Gasteiger partial charge in [-0.3, -0.25) is 4.98 Å². The zero-order valence-electron chi connectivity index (χ0n) is 16.6. The molecule has 2 aliphatic heterocycles. The first-order valence-electron chi connectivity index (χ1n) is 10.3. The number of hydrogen-bond donors (Lipinski definition) is 2. The number of fused-ring (bicyclic) bond motifs is 4. The third kappa shape index (κ3) is 3.02. The van der Waals surface area contributed by atoms with Gasteiger partial charge in [0.05, 0.1) is 27.8 Å². The Morgan fingerprint density at radius 3 is 2.83 bits per heavy atom. The molecule has 0 saturated carbocycles. The van der Waals surface area contributed by atoms with Crippen molar-refractivity contribution in [2.75, 3.05) is 5.32 Å². The van der Waals surface area contributed by atoms with Gasteiger partial charge in [0.1, 0.15) is 11.6 Å². The summed E-state index contributed by atoms with van der Waals surface area (Å²) in [4.78, 5) is 13.8. The minimum atomic E-state index is 0.488. The lowest BCUT2D eigenvalue weighted by Gasteiger charge is -2.29. The van der Waals surface area contributed by atoms with E-state index in [2.05, 4.69) is 32.7 Å². The molecule has 2 aliphatic rings. The van der Waals surface area contributed by atoms with E-state index in [1.54, 1.807) is 11.3 Å². The summed E-state index contributed by atoms with van der Waals surface area (Å²) >= 11 is 1.67. The molecule has 0 aliphatic carbocycles. The Labute approximate surface area is 177 Å². The van der Waals surface area contributed by atoms with E-state index < -0.39 is 0 Å². The molecule has 2 fully saturated rings. The van der Waals surface area contributed by atoms with Crippen LogP contribution in [-0.2, 0) is 0 Å². The van der Waals surface area contributed by atoms with Crippen molar-refractivity contribution in [3.63, 3.8) is 0 Å². The lowest BCUT2D eigenvalue weighted by molar-refractivity contribution is 0.378. The second-order valence-corrected chi connectivity index (χ2v) is 9.40. The second-order valence-electron chi connectivity index (χ2n) is 8.37. The molecule has 4 aromatic rings. The molecule has 0 amide bonds. The number of piperidine rings is 1. The third-order valence-electron chi connectivity index (χ3n) is 6.16. The summed E-state index contributed by atoms with van der Waals surface area (Å²) in [6.45, 7) is 1.93. The maximum atomic E-state index is 9.54. The molecule has 2 atom stereocenters. The maximum Gasteiger partial charge on any atom is 0.184 e. The number of nitrogens with zero attached hydrogens (tertiary/aromatic N) is 5. The average molecular weight is 416 g/mol. The lowest BCUT2D eigenvalue weighted by Crippen LogP contribution is -2.43. The predicted octanol–water partition coefficient (Wildman–Crippen LogP) is 3.88. The molecule has 150 valence electrons. The number of rotatable bonds is 3. The van der Waals surface area contributed by atoms with E-state index in [0.29, 0.717) is 29.3 Å². The van der Waals surface area contributed by atoms with E-state index >= 15 is 0 Å². The van der Waals surface area contributed by atoms with Crippen LogP contribution in [0.3, 0.4) is 0 Å². The smallest absolute Gasteiger partial charge is 0.184 e. The van der Waals surface area contributed by atoms with Crippen LogP contribution in [0.2, 0.25) is 0 Å². The summed E-state index contributed by atoms with van der Waals surface area (Å²) in [5, 5.41) is 17.9. The van der Waals surface area contributed by atoms with Crippen molar-refractivity contribution in [1.82, 2.24) is 24.7 Å². The number of pyridine rings is 2. The highest BCUT2D eigenvalue weighted by molar-refractivity contribution is 7.22. The van der Waals surface area contributed by atoms with Gasteiger partial charge >= 0.3 is 0 Å². The zero-order valence-corrected chi connectivity index (χ0v) is 17.4. The first-order valence-corrected chi connectivity index (χ1v) is 11.2. The van der Waals surface area contributed by atoms with Crippen LogP contribution < -0.4 is 10.6 Å². The van der Waals surface area contributed by atoms with Gasteiger partial charge in [0.25, 0.3) is 0 Å². The first kappa shape index (κ1) is 17.8. The summed E-state index contributed by atoms with van der Waals surface area (Å²) < 4.78 is 3.00. The van der Waals surface area contributed by atoms with Gasteiger partial charge in [-0.2, -0.15) is 5.26 Å². The van der Waals surface area contributed by atoms with Crippen molar-refractivity contribution in [1.29, 1.82) is 5.26 Å². The van der Waals surface area contributed by atoms with Gasteiger partial charge in [-0.15, -0.1) is 0 Å². The van der Waals surface area contributed by atoms with E-state index in [1.165, 1.54) is 12.8 Å². The molecular formula is C22H21N7S. The molecule has 4 aromatic heterocycles. The first-order chi connectivity index (χ1) is 14.6. The summed E-state index contributed by atoms with van der Waals surface area (Å²) in [5.74, 6) is 0. The van der Waals surface area contributed by atoms with Crippen LogP contribution in [-0.4, -0.2) is 37.5 Å². The van der Waals surface area contributed by atoms with Crippen LogP contribution >= 0.6 is 11.3 Å². The summed E-state index contributed by atoms with van der Waals surface area (Å²) in [5.41, 5.74) is 4.76. The number of imidazole rings is 1. The van der Waals surface area contributed by atoms with E-state index in [4.69, 9.17) is 4.98 Å². The Hall–Kier alpha value is -3.02. The standard InChI is InChI=1S/C22H21N7S/c1-12-10-29-11-14(4-13(8-23)21(29)25-12)18-7-20-19(9-24-18)28-22(30-20)27-17-5-15-2-3-16(6-17)26-15/h4,7,9-11,15-17,26H,2-3,5-6H2,1H3,(H,27,28). The Balaban J connectivity index is 1.32. The van der Waals surface area contributed by atoms with Crippen LogP contribution in [0.15, 0.2) is 30.7 Å².